The zero-order valence-corrected chi connectivity index (χ0v) is 20.3. The average Bonchev–Trinajstić information content (AvgIpc) is 2.79. The molecule has 2 aromatic carbocycles. The molecule has 1 heterocycles. The molecule has 0 aromatic heterocycles. The number of allylic oxidation sites excluding steroid dienone is 5. The maximum Gasteiger partial charge on any atom is 0.328 e. The molecule has 1 N–H and O–H groups in total. The van der Waals surface area contributed by atoms with Gasteiger partial charge in [-0.1, -0.05) is 43.3 Å². The number of ether oxygens (including phenoxy) is 2. The van der Waals surface area contributed by atoms with Crippen molar-refractivity contribution in [2.24, 2.45) is 0 Å². The highest BCUT2D eigenvalue weighted by Crippen LogP contribution is 2.44. The first-order valence-electron chi connectivity index (χ1n) is 11.4. The summed E-state index contributed by atoms with van der Waals surface area (Å²) in [7, 11) is 0. The number of rotatable bonds is 8. The summed E-state index contributed by atoms with van der Waals surface area (Å²) in [4.78, 5) is 10.8. The van der Waals surface area contributed by atoms with Crippen molar-refractivity contribution in [3.8, 4) is 11.5 Å². The van der Waals surface area contributed by atoms with Gasteiger partial charge in [0, 0.05) is 23.3 Å². The number of carboxylic acids is 1. The van der Waals surface area contributed by atoms with E-state index in [0.29, 0.717) is 34.8 Å². The Morgan fingerprint density at radius 3 is 2.50 bits per heavy atom. The zero-order chi connectivity index (χ0) is 24.9. The van der Waals surface area contributed by atoms with E-state index in [1.807, 2.05) is 63.2 Å². The molecule has 0 amide bonds. The molecule has 178 valence electrons. The summed E-state index contributed by atoms with van der Waals surface area (Å²) < 4.78 is 27.4. The minimum Gasteiger partial charge on any atom is -0.493 e. The van der Waals surface area contributed by atoms with Crippen LogP contribution < -0.4 is 9.47 Å². The Balaban J connectivity index is 2.16. The topological polar surface area (TPSA) is 55.8 Å². The van der Waals surface area contributed by atoms with E-state index >= 15 is 4.39 Å². The summed E-state index contributed by atoms with van der Waals surface area (Å²) in [6.45, 7) is 9.80. The summed E-state index contributed by atoms with van der Waals surface area (Å²) in [6, 6.07) is 13.8. The number of carbonyl (C=O) groups is 1. The van der Waals surface area contributed by atoms with Gasteiger partial charge in [0.1, 0.15) is 22.9 Å². The van der Waals surface area contributed by atoms with Crippen molar-refractivity contribution in [1.82, 2.24) is 0 Å². The molecule has 0 saturated heterocycles. The highest BCUT2D eigenvalue weighted by molar-refractivity contribution is 5.88. The van der Waals surface area contributed by atoms with Crippen LogP contribution in [0.5, 0.6) is 11.5 Å². The van der Waals surface area contributed by atoms with Crippen molar-refractivity contribution < 1.29 is 23.8 Å². The van der Waals surface area contributed by atoms with Crippen LogP contribution in [0, 0.1) is 0 Å². The molecular formula is C29H31FO4. The Hall–Kier alpha value is -3.60. The van der Waals surface area contributed by atoms with E-state index in [9.17, 15) is 4.79 Å². The van der Waals surface area contributed by atoms with E-state index in [1.54, 1.807) is 13.8 Å². The fourth-order valence-corrected chi connectivity index (χ4v) is 3.78. The number of hydrogen-bond donors (Lipinski definition) is 1. The molecule has 0 spiro atoms. The maximum atomic E-state index is 15.2. The van der Waals surface area contributed by atoms with Gasteiger partial charge in [-0.05, 0) is 74.6 Å². The quantitative estimate of drug-likeness (QED) is 0.329. The number of aliphatic carboxylic acids is 1. The number of hydrogen-bond acceptors (Lipinski definition) is 3. The molecule has 0 atom stereocenters. The molecule has 0 saturated carbocycles. The molecule has 0 fully saturated rings. The minimum absolute atomic E-state index is 0.394. The predicted molar refractivity (Wildman–Crippen MR) is 135 cm³/mol. The van der Waals surface area contributed by atoms with E-state index in [4.69, 9.17) is 14.6 Å². The van der Waals surface area contributed by atoms with Crippen LogP contribution in [-0.4, -0.2) is 23.3 Å². The fraction of sp³-hybridized carbons (Fsp3) is 0.276. The fourth-order valence-electron chi connectivity index (χ4n) is 3.78. The van der Waals surface area contributed by atoms with Crippen molar-refractivity contribution in [2.45, 2.75) is 46.6 Å². The van der Waals surface area contributed by atoms with Gasteiger partial charge in [-0.3, -0.25) is 0 Å². The molecule has 1 aliphatic heterocycles. The maximum absolute atomic E-state index is 15.2. The minimum atomic E-state index is -1.07. The first-order valence-corrected chi connectivity index (χ1v) is 11.4. The predicted octanol–water partition coefficient (Wildman–Crippen LogP) is 7.37. The molecule has 34 heavy (non-hydrogen) atoms. The lowest BCUT2D eigenvalue weighted by atomic mass is 9.88. The highest BCUT2D eigenvalue weighted by atomic mass is 19.1. The van der Waals surface area contributed by atoms with E-state index in [0.717, 1.165) is 29.2 Å². The summed E-state index contributed by atoms with van der Waals surface area (Å²) in [6.07, 6.45) is 6.64. The molecule has 1 aliphatic rings. The molecule has 0 radical (unpaired) electrons. The summed E-state index contributed by atoms with van der Waals surface area (Å²) >= 11 is 0. The monoisotopic (exact) mass is 462 g/mol. The van der Waals surface area contributed by atoms with Gasteiger partial charge >= 0.3 is 5.97 Å². The zero-order valence-electron chi connectivity index (χ0n) is 20.3. The first-order chi connectivity index (χ1) is 16.1. The number of carboxylic acid groups (broad SMARTS) is 1. The van der Waals surface area contributed by atoms with Gasteiger partial charge < -0.3 is 14.6 Å². The van der Waals surface area contributed by atoms with Crippen molar-refractivity contribution in [3.05, 3.63) is 94.9 Å². The molecule has 4 nitrogen and oxygen atoms in total. The van der Waals surface area contributed by atoms with Gasteiger partial charge in [-0.15, -0.1) is 0 Å². The Bertz CT molecular complexity index is 1180. The number of fused-ring (bicyclic) bond motifs is 1. The second-order valence-corrected chi connectivity index (χ2v) is 8.86. The van der Waals surface area contributed by atoms with Gasteiger partial charge in [-0.25, -0.2) is 9.18 Å². The smallest absolute Gasteiger partial charge is 0.328 e. The first kappa shape index (κ1) is 25.0. The molecule has 5 heteroatoms. The summed E-state index contributed by atoms with van der Waals surface area (Å²) in [5.74, 6) is -0.312. The van der Waals surface area contributed by atoms with E-state index in [-0.39, 0.29) is 0 Å². The van der Waals surface area contributed by atoms with Crippen LogP contribution in [0.2, 0.25) is 0 Å². The Kier molecular flexibility index (Phi) is 7.77. The van der Waals surface area contributed by atoms with Crippen LogP contribution in [0.1, 0.15) is 57.7 Å². The van der Waals surface area contributed by atoms with Gasteiger partial charge in [-0.2, -0.15) is 0 Å². The van der Waals surface area contributed by atoms with E-state index in [1.165, 1.54) is 12.2 Å². The van der Waals surface area contributed by atoms with Crippen molar-refractivity contribution in [2.75, 3.05) is 6.61 Å². The van der Waals surface area contributed by atoms with Crippen LogP contribution in [0.4, 0.5) is 4.39 Å². The normalized spacial score (nSPS) is 15.8. The van der Waals surface area contributed by atoms with Crippen LogP contribution in [0.15, 0.2) is 78.2 Å². The molecule has 0 aliphatic carbocycles. The molecular weight excluding hydrogens is 431 g/mol. The summed E-state index contributed by atoms with van der Waals surface area (Å²) in [5, 5.41) is 8.87. The van der Waals surface area contributed by atoms with Crippen LogP contribution in [-0.2, 0) is 4.79 Å². The van der Waals surface area contributed by atoms with Crippen molar-refractivity contribution in [1.29, 1.82) is 0 Å². The average molecular weight is 463 g/mol. The Morgan fingerprint density at radius 2 is 1.85 bits per heavy atom. The summed E-state index contributed by atoms with van der Waals surface area (Å²) in [5.41, 5.74) is 3.86. The standard InChI is InChI=1S/C29H31FO4/c1-6-14-33-26-17-27-23(24(18-29(4,5)34-27)21-10-8-7-9-11-21)16-22(26)20(3)25(30)13-12-19(2)15-28(31)32/h7-13,15-18H,6,14H2,1-5H3,(H,31,32)/b13-12+,19-15+,25-20+. The van der Waals surface area contributed by atoms with E-state index < -0.39 is 17.4 Å². The SMILES string of the molecule is CCCOc1cc2c(cc1\C(C)=C(F)/C=C/C(C)=C/C(=O)O)C(c1ccccc1)=CC(C)(C)O2. The molecule has 0 bridgehead atoms. The second kappa shape index (κ2) is 10.6. The third-order valence-electron chi connectivity index (χ3n) is 5.39. The third kappa shape index (κ3) is 6.04. The largest absolute Gasteiger partial charge is 0.493 e. The third-order valence-corrected chi connectivity index (χ3v) is 5.39. The molecule has 3 rings (SSSR count). The van der Waals surface area contributed by atoms with Crippen molar-refractivity contribution >= 4 is 17.1 Å². The molecule has 2 aromatic rings. The van der Waals surface area contributed by atoms with Gasteiger partial charge in [0.2, 0.25) is 0 Å². The Morgan fingerprint density at radius 1 is 1.15 bits per heavy atom. The number of halogens is 1. The number of benzene rings is 2. The van der Waals surface area contributed by atoms with Crippen LogP contribution in [0.25, 0.3) is 11.1 Å². The second-order valence-electron chi connectivity index (χ2n) is 8.86. The lowest BCUT2D eigenvalue weighted by Gasteiger charge is -2.32. The van der Waals surface area contributed by atoms with Crippen LogP contribution in [0.3, 0.4) is 0 Å². The highest BCUT2D eigenvalue weighted by Gasteiger charge is 2.29. The van der Waals surface area contributed by atoms with E-state index in [2.05, 4.69) is 6.08 Å². The van der Waals surface area contributed by atoms with Gasteiger partial charge in [0.15, 0.2) is 0 Å². The lowest BCUT2D eigenvalue weighted by Crippen LogP contribution is -2.29. The lowest BCUT2D eigenvalue weighted by molar-refractivity contribution is -0.131. The molecule has 0 unspecified atom stereocenters. The van der Waals surface area contributed by atoms with Crippen LogP contribution >= 0.6 is 0 Å². The van der Waals surface area contributed by atoms with Crippen molar-refractivity contribution in [3.63, 3.8) is 0 Å². The van der Waals surface area contributed by atoms with Gasteiger partial charge in [0.05, 0.1) is 6.61 Å². The van der Waals surface area contributed by atoms with Gasteiger partial charge in [0.25, 0.3) is 0 Å². The Labute approximate surface area is 200 Å².